The topological polar surface area (TPSA) is 72.8 Å². The van der Waals surface area contributed by atoms with Gasteiger partial charge in [-0.1, -0.05) is 0 Å². The molecule has 0 aliphatic carbocycles. The number of rotatable bonds is 3. The highest BCUT2D eigenvalue weighted by Gasteiger charge is 2.00. The fourth-order valence-corrected chi connectivity index (χ4v) is 0.937. The van der Waals surface area contributed by atoms with E-state index < -0.39 is 5.97 Å². The third kappa shape index (κ3) is 6.94. The number of hydrogen-bond acceptors (Lipinski definition) is 4. The molecule has 94 valence electrons. The molecular formula is C12H16O5. The average Bonchev–Trinajstić information content (AvgIpc) is 2.29. The smallest absolute Gasteiger partial charge is 0.335 e. The molecular weight excluding hydrogens is 224 g/mol. The van der Waals surface area contributed by atoms with Crippen LogP contribution in [0.25, 0.3) is 0 Å². The molecule has 0 aliphatic rings. The summed E-state index contributed by atoms with van der Waals surface area (Å²) >= 11 is 0. The Hall–Kier alpha value is -2.04. The SMILES string of the molecule is CCOC(C)=O.COc1ccc(C(=O)O)cc1. The molecule has 0 unspecified atom stereocenters. The van der Waals surface area contributed by atoms with Crippen LogP contribution in [0.15, 0.2) is 24.3 Å². The number of esters is 1. The molecule has 0 heterocycles. The fraction of sp³-hybridized carbons (Fsp3) is 0.333. The highest BCUT2D eigenvalue weighted by Crippen LogP contribution is 2.10. The standard InChI is InChI=1S/C8H8O3.C4H8O2/c1-11-7-4-2-6(3-5-7)8(9)10;1-3-6-4(2)5/h2-5H,1H3,(H,9,10);3H2,1-2H3. The molecule has 5 nitrogen and oxygen atoms in total. The third-order valence-electron chi connectivity index (χ3n) is 1.68. The van der Waals surface area contributed by atoms with Gasteiger partial charge in [0.25, 0.3) is 0 Å². The molecule has 5 heteroatoms. The van der Waals surface area contributed by atoms with E-state index in [0.717, 1.165) is 0 Å². The number of benzene rings is 1. The van der Waals surface area contributed by atoms with E-state index in [2.05, 4.69) is 4.74 Å². The van der Waals surface area contributed by atoms with Crippen molar-refractivity contribution in [2.24, 2.45) is 0 Å². The predicted molar refractivity (Wildman–Crippen MR) is 62.3 cm³/mol. The van der Waals surface area contributed by atoms with Crippen molar-refractivity contribution in [3.8, 4) is 5.75 Å². The molecule has 0 amide bonds. The Morgan fingerprint density at radius 2 is 1.76 bits per heavy atom. The molecule has 0 spiro atoms. The van der Waals surface area contributed by atoms with Gasteiger partial charge in [0.15, 0.2) is 0 Å². The van der Waals surface area contributed by atoms with Gasteiger partial charge in [-0.3, -0.25) is 4.79 Å². The van der Waals surface area contributed by atoms with E-state index in [1.807, 2.05) is 0 Å². The van der Waals surface area contributed by atoms with Gasteiger partial charge >= 0.3 is 11.9 Å². The quantitative estimate of drug-likeness (QED) is 0.817. The highest BCUT2D eigenvalue weighted by atomic mass is 16.5. The predicted octanol–water partition coefficient (Wildman–Crippen LogP) is 1.96. The van der Waals surface area contributed by atoms with Crippen LogP contribution >= 0.6 is 0 Å². The molecule has 1 aromatic rings. The Balaban J connectivity index is 0.000000366. The number of carboxylic acid groups (broad SMARTS) is 1. The van der Waals surface area contributed by atoms with Crippen molar-refractivity contribution in [2.45, 2.75) is 13.8 Å². The summed E-state index contributed by atoms with van der Waals surface area (Å²) in [4.78, 5) is 20.2. The normalized spacial score (nSPS) is 8.65. The first-order valence-electron chi connectivity index (χ1n) is 5.02. The number of methoxy groups -OCH3 is 1. The molecule has 0 fully saturated rings. The van der Waals surface area contributed by atoms with Crippen LogP contribution in [0.2, 0.25) is 0 Å². The third-order valence-corrected chi connectivity index (χ3v) is 1.68. The van der Waals surface area contributed by atoms with E-state index in [0.29, 0.717) is 12.4 Å². The van der Waals surface area contributed by atoms with E-state index in [-0.39, 0.29) is 11.5 Å². The van der Waals surface area contributed by atoms with Crippen LogP contribution in [-0.4, -0.2) is 30.8 Å². The van der Waals surface area contributed by atoms with Crippen LogP contribution in [0, 0.1) is 0 Å². The molecule has 1 N–H and O–H groups in total. The number of ether oxygens (including phenoxy) is 2. The zero-order valence-corrected chi connectivity index (χ0v) is 10.1. The molecule has 17 heavy (non-hydrogen) atoms. The average molecular weight is 240 g/mol. The first-order chi connectivity index (χ1) is 8.01. The van der Waals surface area contributed by atoms with Gasteiger partial charge in [-0.2, -0.15) is 0 Å². The monoisotopic (exact) mass is 240 g/mol. The molecule has 0 radical (unpaired) electrons. The fourth-order valence-electron chi connectivity index (χ4n) is 0.937. The van der Waals surface area contributed by atoms with Gasteiger partial charge in [0.05, 0.1) is 19.3 Å². The highest BCUT2D eigenvalue weighted by molar-refractivity contribution is 5.87. The van der Waals surface area contributed by atoms with Gasteiger partial charge in [-0.25, -0.2) is 4.79 Å². The molecule has 0 saturated heterocycles. The molecule has 1 aromatic carbocycles. The molecule has 0 aliphatic heterocycles. The summed E-state index contributed by atoms with van der Waals surface area (Å²) in [7, 11) is 1.54. The minimum Gasteiger partial charge on any atom is -0.497 e. The van der Waals surface area contributed by atoms with Crippen molar-refractivity contribution in [1.82, 2.24) is 0 Å². The molecule has 0 aromatic heterocycles. The number of hydrogen-bond donors (Lipinski definition) is 1. The van der Waals surface area contributed by atoms with Crippen LogP contribution in [0.1, 0.15) is 24.2 Å². The maximum atomic E-state index is 10.4. The van der Waals surface area contributed by atoms with E-state index in [1.54, 1.807) is 19.1 Å². The zero-order valence-electron chi connectivity index (χ0n) is 10.1. The van der Waals surface area contributed by atoms with E-state index in [1.165, 1.54) is 26.2 Å². The summed E-state index contributed by atoms with van der Waals surface area (Å²) in [5.74, 6) is -0.472. The lowest BCUT2D eigenvalue weighted by molar-refractivity contribution is -0.140. The molecule has 0 saturated carbocycles. The second-order valence-electron chi connectivity index (χ2n) is 2.96. The lowest BCUT2D eigenvalue weighted by Crippen LogP contribution is -1.95. The van der Waals surface area contributed by atoms with E-state index in [4.69, 9.17) is 9.84 Å². The summed E-state index contributed by atoms with van der Waals surface area (Å²) in [6, 6.07) is 6.23. The van der Waals surface area contributed by atoms with Crippen molar-refractivity contribution in [1.29, 1.82) is 0 Å². The van der Waals surface area contributed by atoms with Crippen molar-refractivity contribution in [2.75, 3.05) is 13.7 Å². The lowest BCUT2D eigenvalue weighted by Gasteiger charge is -1.98. The maximum absolute atomic E-state index is 10.4. The summed E-state index contributed by atoms with van der Waals surface area (Å²) in [6.45, 7) is 3.65. The second-order valence-corrected chi connectivity index (χ2v) is 2.96. The number of carboxylic acids is 1. The first kappa shape index (κ1) is 15.0. The Morgan fingerprint density at radius 1 is 1.24 bits per heavy atom. The van der Waals surface area contributed by atoms with Crippen LogP contribution in [-0.2, 0) is 9.53 Å². The maximum Gasteiger partial charge on any atom is 0.335 e. The van der Waals surface area contributed by atoms with Crippen molar-refractivity contribution < 1.29 is 24.2 Å². The summed E-state index contributed by atoms with van der Waals surface area (Å²) in [5, 5.41) is 8.51. The van der Waals surface area contributed by atoms with Gasteiger partial charge in [0, 0.05) is 6.92 Å². The number of carbonyl (C=O) groups excluding carboxylic acids is 1. The van der Waals surface area contributed by atoms with Crippen molar-refractivity contribution in [3.05, 3.63) is 29.8 Å². The molecule has 0 bridgehead atoms. The number of carbonyl (C=O) groups is 2. The van der Waals surface area contributed by atoms with Gasteiger partial charge in [0.2, 0.25) is 0 Å². The van der Waals surface area contributed by atoms with Gasteiger partial charge in [-0.05, 0) is 31.2 Å². The van der Waals surface area contributed by atoms with Crippen LogP contribution in [0.3, 0.4) is 0 Å². The summed E-state index contributed by atoms with van der Waals surface area (Å²) in [6.07, 6.45) is 0. The van der Waals surface area contributed by atoms with Crippen LogP contribution in [0.4, 0.5) is 0 Å². The first-order valence-corrected chi connectivity index (χ1v) is 5.02. The van der Waals surface area contributed by atoms with E-state index >= 15 is 0 Å². The molecule has 1 rings (SSSR count). The van der Waals surface area contributed by atoms with Gasteiger partial charge < -0.3 is 14.6 Å². The Morgan fingerprint density at radius 3 is 2.00 bits per heavy atom. The number of aromatic carboxylic acids is 1. The Labute approximate surface area is 100.0 Å². The van der Waals surface area contributed by atoms with E-state index in [9.17, 15) is 9.59 Å². The zero-order chi connectivity index (χ0) is 13.3. The minimum absolute atomic E-state index is 0.211. The van der Waals surface area contributed by atoms with Gasteiger partial charge in [-0.15, -0.1) is 0 Å². The largest absolute Gasteiger partial charge is 0.497 e. The van der Waals surface area contributed by atoms with Crippen molar-refractivity contribution >= 4 is 11.9 Å². The Kier molecular flexibility index (Phi) is 7.17. The molecule has 0 atom stereocenters. The second kappa shape index (κ2) is 8.15. The lowest BCUT2D eigenvalue weighted by atomic mass is 10.2. The van der Waals surface area contributed by atoms with Crippen LogP contribution < -0.4 is 4.74 Å². The minimum atomic E-state index is -0.923. The van der Waals surface area contributed by atoms with Crippen molar-refractivity contribution in [3.63, 3.8) is 0 Å². The Bertz CT molecular complexity index is 356. The van der Waals surface area contributed by atoms with Crippen LogP contribution in [0.5, 0.6) is 5.75 Å². The van der Waals surface area contributed by atoms with Gasteiger partial charge in [0.1, 0.15) is 5.75 Å². The summed E-state index contributed by atoms with van der Waals surface area (Å²) in [5.41, 5.74) is 0.269. The summed E-state index contributed by atoms with van der Waals surface area (Å²) < 4.78 is 9.26.